The van der Waals surface area contributed by atoms with Crippen LogP contribution in [0.25, 0.3) is 0 Å². The van der Waals surface area contributed by atoms with Gasteiger partial charge in [-0.1, -0.05) is 6.92 Å². The van der Waals surface area contributed by atoms with Crippen LogP contribution in [-0.2, 0) is 4.79 Å². The highest BCUT2D eigenvalue weighted by atomic mass is 16.2. The summed E-state index contributed by atoms with van der Waals surface area (Å²) < 4.78 is 0. The molecule has 0 radical (unpaired) electrons. The van der Waals surface area contributed by atoms with E-state index in [1.807, 2.05) is 6.92 Å². The van der Waals surface area contributed by atoms with E-state index in [0.29, 0.717) is 6.42 Å². The molecule has 1 atom stereocenters. The predicted molar refractivity (Wildman–Crippen MR) is 40.0 cm³/mol. The Hall–Kier alpha value is -1.06. The molecule has 0 unspecified atom stereocenters. The first-order chi connectivity index (χ1) is 5.01. The topological polar surface area (TPSA) is 49.4 Å². The molecule has 1 aliphatic rings. The standard InChI is InChI=1S/C7H12N2O2/c1-4-7(2)5(10)9(3)6(11)8-7/h4H2,1-3H3,(H,8,11)/t7-/m1/s1. The minimum atomic E-state index is -0.675. The molecule has 1 N–H and O–H groups in total. The number of likely N-dealkylation sites (N-methyl/N-ethyl adjacent to an activating group) is 1. The monoisotopic (exact) mass is 156 g/mol. The lowest BCUT2D eigenvalue weighted by molar-refractivity contribution is -0.129. The van der Waals surface area contributed by atoms with Gasteiger partial charge in [0.1, 0.15) is 5.54 Å². The number of urea groups is 1. The first-order valence-electron chi connectivity index (χ1n) is 3.61. The maximum Gasteiger partial charge on any atom is 0.324 e. The van der Waals surface area contributed by atoms with Gasteiger partial charge in [0, 0.05) is 7.05 Å². The van der Waals surface area contributed by atoms with Crippen molar-refractivity contribution in [1.82, 2.24) is 10.2 Å². The van der Waals surface area contributed by atoms with Crippen LogP contribution in [0.15, 0.2) is 0 Å². The van der Waals surface area contributed by atoms with Crippen LogP contribution >= 0.6 is 0 Å². The zero-order valence-corrected chi connectivity index (χ0v) is 6.97. The Labute approximate surface area is 65.6 Å². The number of imide groups is 1. The van der Waals surface area contributed by atoms with Crippen molar-refractivity contribution >= 4 is 11.9 Å². The van der Waals surface area contributed by atoms with Crippen molar-refractivity contribution in [2.75, 3.05) is 7.05 Å². The van der Waals surface area contributed by atoms with Gasteiger partial charge >= 0.3 is 6.03 Å². The van der Waals surface area contributed by atoms with Crippen LogP contribution in [0.3, 0.4) is 0 Å². The Morgan fingerprint density at radius 2 is 2.09 bits per heavy atom. The van der Waals surface area contributed by atoms with Crippen LogP contribution in [0.5, 0.6) is 0 Å². The molecule has 1 rings (SSSR count). The molecule has 0 aromatic rings. The van der Waals surface area contributed by atoms with Gasteiger partial charge in [-0.2, -0.15) is 0 Å². The maximum absolute atomic E-state index is 11.3. The smallest absolute Gasteiger partial charge is 0.323 e. The molecular weight excluding hydrogens is 144 g/mol. The van der Waals surface area contributed by atoms with Crippen LogP contribution in [0, 0.1) is 0 Å². The number of rotatable bonds is 1. The summed E-state index contributed by atoms with van der Waals surface area (Å²) in [5.41, 5.74) is -0.675. The van der Waals surface area contributed by atoms with E-state index in [-0.39, 0.29) is 11.9 Å². The number of carbonyl (C=O) groups is 2. The van der Waals surface area contributed by atoms with E-state index in [1.165, 1.54) is 7.05 Å². The Kier molecular flexibility index (Phi) is 1.62. The molecule has 4 nitrogen and oxygen atoms in total. The fraction of sp³-hybridized carbons (Fsp3) is 0.714. The van der Waals surface area contributed by atoms with E-state index in [2.05, 4.69) is 5.32 Å². The summed E-state index contributed by atoms with van der Waals surface area (Å²) in [5, 5.41) is 2.62. The zero-order chi connectivity index (χ0) is 8.65. The number of carbonyl (C=O) groups excluding carboxylic acids is 2. The van der Waals surface area contributed by atoms with Crippen LogP contribution < -0.4 is 5.32 Å². The lowest BCUT2D eigenvalue weighted by Gasteiger charge is -2.17. The van der Waals surface area contributed by atoms with E-state index >= 15 is 0 Å². The normalized spacial score (nSPS) is 31.0. The second-order valence-electron chi connectivity index (χ2n) is 2.98. The fourth-order valence-electron chi connectivity index (χ4n) is 1.08. The highest BCUT2D eigenvalue weighted by Gasteiger charge is 2.44. The number of hydrogen-bond donors (Lipinski definition) is 1. The number of nitrogens with one attached hydrogen (secondary N) is 1. The van der Waals surface area contributed by atoms with Gasteiger partial charge in [0.15, 0.2) is 0 Å². The van der Waals surface area contributed by atoms with E-state index in [0.717, 1.165) is 4.90 Å². The Morgan fingerprint density at radius 3 is 2.27 bits per heavy atom. The average molecular weight is 156 g/mol. The molecule has 3 amide bonds. The average Bonchev–Trinajstić information content (AvgIpc) is 2.17. The van der Waals surface area contributed by atoms with Gasteiger partial charge in [0.2, 0.25) is 0 Å². The van der Waals surface area contributed by atoms with Gasteiger partial charge < -0.3 is 5.32 Å². The summed E-state index contributed by atoms with van der Waals surface area (Å²) in [5.74, 6) is -0.148. The second-order valence-corrected chi connectivity index (χ2v) is 2.98. The van der Waals surface area contributed by atoms with Crippen molar-refractivity contribution < 1.29 is 9.59 Å². The molecule has 1 aliphatic heterocycles. The molecule has 0 spiro atoms. The molecule has 62 valence electrons. The molecule has 11 heavy (non-hydrogen) atoms. The van der Waals surface area contributed by atoms with Gasteiger partial charge in [0.25, 0.3) is 5.91 Å². The number of hydrogen-bond acceptors (Lipinski definition) is 2. The van der Waals surface area contributed by atoms with Gasteiger partial charge in [-0.15, -0.1) is 0 Å². The summed E-state index contributed by atoms with van der Waals surface area (Å²) >= 11 is 0. The predicted octanol–water partition coefficient (Wildman–Crippen LogP) is 0.337. The van der Waals surface area contributed by atoms with Gasteiger partial charge in [-0.25, -0.2) is 4.79 Å². The van der Waals surface area contributed by atoms with E-state index in [9.17, 15) is 9.59 Å². The Bertz CT molecular complexity index is 214. The van der Waals surface area contributed by atoms with Crippen molar-refractivity contribution in [2.24, 2.45) is 0 Å². The van der Waals surface area contributed by atoms with Crippen molar-refractivity contribution in [1.29, 1.82) is 0 Å². The number of nitrogens with zero attached hydrogens (tertiary/aromatic N) is 1. The van der Waals surface area contributed by atoms with E-state index < -0.39 is 5.54 Å². The molecule has 1 saturated heterocycles. The highest BCUT2D eigenvalue weighted by molar-refractivity contribution is 6.06. The summed E-state index contributed by atoms with van der Waals surface area (Å²) in [4.78, 5) is 23.4. The lowest BCUT2D eigenvalue weighted by Crippen LogP contribution is -2.42. The summed E-state index contributed by atoms with van der Waals surface area (Å²) in [6, 6.07) is -0.306. The molecule has 4 heteroatoms. The maximum atomic E-state index is 11.3. The third kappa shape index (κ3) is 0.982. The fourth-order valence-corrected chi connectivity index (χ4v) is 1.08. The largest absolute Gasteiger partial charge is 0.324 e. The van der Waals surface area contributed by atoms with Crippen LogP contribution in [0.1, 0.15) is 20.3 Å². The van der Waals surface area contributed by atoms with Gasteiger partial charge in [-0.3, -0.25) is 9.69 Å². The van der Waals surface area contributed by atoms with Crippen LogP contribution in [0.2, 0.25) is 0 Å². The van der Waals surface area contributed by atoms with Crippen molar-refractivity contribution in [2.45, 2.75) is 25.8 Å². The summed E-state index contributed by atoms with van der Waals surface area (Å²) in [6.07, 6.45) is 0.627. The van der Waals surface area contributed by atoms with Crippen molar-refractivity contribution in [3.63, 3.8) is 0 Å². The molecule has 1 heterocycles. The van der Waals surface area contributed by atoms with Crippen molar-refractivity contribution in [3.05, 3.63) is 0 Å². The first-order valence-corrected chi connectivity index (χ1v) is 3.61. The van der Waals surface area contributed by atoms with Gasteiger partial charge in [0.05, 0.1) is 0 Å². The van der Waals surface area contributed by atoms with Gasteiger partial charge in [-0.05, 0) is 13.3 Å². The first kappa shape index (κ1) is 8.04. The van der Waals surface area contributed by atoms with E-state index in [4.69, 9.17) is 0 Å². The molecular formula is C7H12N2O2. The Balaban J connectivity index is 2.91. The third-order valence-corrected chi connectivity index (χ3v) is 2.17. The highest BCUT2D eigenvalue weighted by Crippen LogP contribution is 2.18. The van der Waals surface area contributed by atoms with Crippen molar-refractivity contribution in [3.8, 4) is 0 Å². The SMILES string of the molecule is CC[C@@]1(C)NC(=O)N(C)C1=O. The molecule has 0 aromatic carbocycles. The molecule has 0 aliphatic carbocycles. The zero-order valence-electron chi connectivity index (χ0n) is 6.97. The molecule has 0 aromatic heterocycles. The lowest BCUT2D eigenvalue weighted by atomic mass is 10.00. The minimum absolute atomic E-state index is 0.148. The van der Waals surface area contributed by atoms with Crippen LogP contribution in [0.4, 0.5) is 4.79 Å². The summed E-state index contributed by atoms with van der Waals surface area (Å²) in [6.45, 7) is 3.61. The van der Waals surface area contributed by atoms with Crippen LogP contribution in [-0.4, -0.2) is 29.4 Å². The molecule has 0 bridgehead atoms. The number of amides is 3. The summed E-state index contributed by atoms with van der Waals surface area (Å²) in [7, 11) is 1.48. The van der Waals surface area contributed by atoms with E-state index in [1.54, 1.807) is 6.92 Å². The molecule has 0 saturated carbocycles. The third-order valence-electron chi connectivity index (χ3n) is 2.17. The Morgan fingerprint density at radius 1 is 1.55 bits per heavy atom. The molecule has 1 fully saturated rings. The quantitative estimate of drug-likeness (QED) is 0.556. The minimum Gasteiger partial charge on any atom is -0.323 e. The second kappa shape index (κ2) is 2.22.